The number of rotatable bonds is 8. The van der Waals surface area contributed by atoms with Gasteiger partial charge in [-0.05, 0) is 49.2 Å². The molecule has 1 amide bonds. The maximum atomic E-state index is 11.8. The molecule has 0 heterocycles. The lowest BCUT2D eigenvalue weighted by molar-refractivity contribution is -0.384. The molecule has 27 heavy (non-hydrogen) atoms. The fourth-order valence-corrected chi connectivity index (χ4v) is 2.34. The molecule has 142 valence electrons. The molecule has 0 fully saturated rings. The highest BCUT2D eigenvalue weighted by molar-refractivity contribution is 5.78. The van der Waals surface area contributed by atoms with Crippen molar-refractivity contribution in [3.05, 3.63) is 63.7 Å². The Labute approximate surface area is 156 Å². The van der Waals surface area contributed by atoms with Crippen LogP contribution < -0.4 is 14.8 Å². The Hall–Kier alpha value is -3.42. The summed E-state index contributed by atoms with van der Waals surface area (Å²) in [6, 6.07) is 10.8. The minimum Gasteiger partial charge on any atom is -0.484 e. The van der Waals surface area contributed by atoms with Crippen molar-refractivity contribution in [1.29, 1.82) is 0 Å². The van der Waals surface area contributed by atoms with E-state index in [1.54, 1.807) is 0 Å². The molecule has 0 unspecified atom stereocenters. The summed E-state index contributed by atoms with van der Waals surface area (Å²) in [5, 5.41) is 13.1. The summed E-state index contributed by atoms with van der Waals surface area (Å²) in [5.74, 6) is -0.0908. The Balaban J connectivity index is 1.69. The van der Waals surface area contributed by atoms with Crippen molar-refractivity contribution in [2.45, 2.75) is 20.3 Å². The van der Waals surface area contributed by atoms with E-state index in [9.17, 15) is 19.7 Å². The van der Waals surface area contributed by atoms with Crippen LogP contribution in [0, 0.1) is 24.0 Å². The Morgan fingerprint density at radius 3 is 2.26 bits per heavy atom. The quantitative estimate of drug-likeness (QED) is 0.330. The van der Waals surface area contributed by atoms with Gasteiger partial charge in [0, 0.05) is 18.7 Å². The highest BCUT2D eigenvalue weighted by Crippen LogP contribution is 2.18. The first-order chi connectivity index (χ1) is 12.8. The Bertz CT molecular complexity index is 812. The molecule has 0 atom stereocenters. The molecule has 0 aliphatic rings. The van der Waals surface area contributed by atoms with Gasteiger partial charge in [-0.2, -0.15) is 0 Å². The third-order valence-corrected chi connectivity index (χ3v) is 3.50. The molecule has 0 spiro atoms. The number of nitro groups is 1. The van der Waals surface area contributed by atoms with Crippen molar-refractivity contribution < 1.29 is 24.0 Å². The van der Waals surface area contributed by atoms with Crippen molar-refractivity contribution in [2.24, 2.45) is 0 Å². The van der Waals surface area contributed by atoms with E-state index in [2.05, 4.69) is 5.32 Å². The van der Waals surface area contributed by atoms with Crippen molar-refractivity contribution in [3.8, 4) is 11.5 Å². The van der Waals surface area contributed by atoms with Crippen LogP contribution in [0.5, 0.6) is 11.5 Å². The molecule has 0 aliphatic heterocycles. The molecule has 2 aromatic carbocycles. The zero-order valence-corrected chi connectivity index (χ0v) is 15.1. The topological polar surface area (TPSA) is 108 Å². The minimum absolute atomic E-state index is 0.0354. The van der Waals surface area contributed by atoms with Gasteiger partial charge < -0.3 is 14.8 Å². The van der Waals surface area contributed by atoms with E-state index in [-0.39, 0.29) is 36.9 Å². The van der Waals surface area contributed by atoms with E-state index in [1.165, 1.54) is 24.3 Å². The molecule has 8 nitrogen and oxygen atoms in total. The molecule has 2 rings (SSSR count). The number of nitro benzene ring substituents is 1. The van der Waals surface area contributed by atoms with E-state index >= 15 is 0 Å². The highest BCUT2D eigenvalue weighted by atomic mass is 16.6. The number of carbonyl (C=O) groups excluding carboxylic acids is 2. The maximum absolute atomic E-state index is 11.8. The molecule has 0 aliphatic carbocycles. The van der Waals surface area contributed by atoms with Gasteiger partial charge in [0.25, 0.3) is 11.6 Å². The average molecular weight is 372 g/mol. The normalized spacial score (nSPS) is 10.1. The number of esters is 1. The zero-order chi connectivity index (χ0) is 19.8. The SMILES string of the molecule is Cc1cc(C)cc(OCC(=O)NCCC(=O)Oc2ccc([N+](=O)[O-])cc2)c1. The molecule has 1 N–H and O–H groups in total. The number of hydrogen-bond donors (Lipinski definition) is 1. The predicted octanol–water partition coefficient (Wildman–Crippen LogP) is 2.70. The number of non-ortho nitro benzene ring substituents is 1. The van der Waals surface area contributed by atoms with Crippen LogP contribution in [-0.4, -0.2) is 30.0 Å². The molecule has 8 heteroatoms. The van der Waals surface area contributed by atoms with Crippen LogP contribution in [0.3, 0.4) is 0 Å². The fraction of sp³-hybridized carbons (Fsp3) is 0.263. The summed E-state index contributed by atoms with van der Waals surface area (Å²) >= 11 is 0. The summed E-state index contributed by atoms with van der Waals surface area (Å²) in [4.78, 5) is 33.5. The number of carbonyl (C=O) groups is 2. The first-order valence-corrected chi connectivity index (χ1v) is 8.26. The van der Waals surface area contributed by atoms with E-state index in [1.807, 2.05) is 32.0 Å². The van der Waals surface area contributed by atoms with E-state index in [0.717, 1.165) is 11.1 Å². The lowest BCUT2D eigenvalue weighted by atomic mass is 10.1. The number of nitrogens with zero attached hydrogens (tertiary/aromatic N) is 1. The molecule has 0 radical (unpaired) electrons. The molecule has 0 saturated carbocycles. The lowest BCUT2D eigenvalue weighted by Gasteiger charge is -2.09. The fourth-order valence-electron chi connectivity index (χ4n) is 2.34. The second-order valence-electron chi connectivity index (χ2n) is 5.94. The second-order valence-corrected chi connectivity index (χ2v) is 5.94. The Morgan fingerprint density at radius 1 is 1.04 bits per heavy atom. The number of ether oxygens (including phenoxy) is 2. The third-order valence-electron chi connectivity index (χ3n) is 3.50. The largest absolute Gasteiger partial charge is 0.484 e. The van der Waals surface area contributed by atoms with Gasteiger partial charge in [-0.1, -0.05) is 6.07 Å². The minimum atomic E-state index is -0.556. The summed E-state index contributed by atoms with van der Waals surface area (Å²) < 4.78 is 10.5. The van der Waals surface area contributed by atoms with Crippen LogP contribution in [0.25, 0.3) is 0 Å². The van der Waals surface area contributed by atoms with Crippen LogP contribution in [-0.2, 0) is 9.59 Å². The van der Waals surface area contributed by atoms with Gasteiger partial charge in [-0.25, -0.2) is 0 Å². The molecule has 2 aromatic rings. The van der Waals surface area contributed by atoms with E-state index < -0.39 is 10.9 Å². The standard InChI is InChI=1S/C19H20N2O6/c1-13-9-14(2)11-17(10-13)26-12-18(22)20-8-7-19(23)27-16-5-3-15(4-6-16)21(24)25/h3-6,9-11H,7-8,12H2,1-2H3,(H,20,22). The number of nitrogens with one attached hydrogen (secondary N) is 1. The molecule has 0 aromatic heterocycles. The van der Waals surface area contributed by atoms with Crippen LogP contribution in [0.4, 0.5) is 5.69 Å². The third kappa shape index (κ3) is 6.77. The number of benzene rings is 2. The van der Waals surface area contributed by atoms with Gasteiger partial charge in [-0.3, -0.25) is 19.7 Å². The van der Waals surface area contributed by atoms with Gasteiger partial charge in [0.2, 0.25) is 0 Å². The first-order valence-electron chi connectivity index (χ1n) is 8.26. The van der Waals surface area contributed by atoms with Crippen LogP contribution in [0.1, 0.15) is 17.5 Å². The van der Waals surface area contributed by atoms with E-state index in [0.29, 0.717) is 5.75 Å². The van der Waals surface area contributed by atoms with Crippen molar-refractivity contribution in [1.82, 2.24) is 5.32 Å². The number of aryl methyl sites for hydroxylation is 2. The lowest BCUT2D eigenvalue weighted by Crippen LogP contribution is -2.31. The summed E-state index contributed by atoms with van der Waals surface area (Å²) in [7, 11) is 0. The van der Waals surface area contributed by atoms with Gasteiger partial charge >= 0.3 is 5.97 Å². The summed E-state index contributed by atoms with van der Waals surface area (Å²) in [6.45, 7) is 3.83. The zero-order valence-electron chi connectivity index (χ0n) is 15.1. The first kappa shape index (κ1) is 19.9. The summed E-state index contributed by atoms with van der Waals surface area (Å²) in [5.41, 5.74) is 1.99. The molecule has 0 bridgehead atoms. The number of hydrogen-bond acceptors (Lipinski definition) is 6. The van der Waals surface area contributed by atoms with Crippen LogP contribution in [0.15, 0.2) is 42.5 Å². The Kier molecular flexibility index (Phi) is 6.87. The highest BCUT2D eigenvalue weighted by Gasteiger charge is 2.09. The molecule has 0 saturated heterocycles. The van der Waals surface area contributed by atoms with Gasteiger partial charge in [0.1, 0.15) is 11.5 Å². The average Bonchev–Trinajstić information content (AvgIpc) is 2.59. The van der Waals surface area contributed by atoms with Crippen LogP contribution >= 0.6 is 0 Å². The monoisotopic (exact) mass is 372 g/mol. The van der Waals surface area contributed by atoms with Crippen molar-refractivity contribution >= 4 is 17.6 Å². The van der Waals surface area contributed by atoms with Crippen molar-refractivity contribution in [3.63, 3.8) is 0 Å². The second kappa shape index (κ2) is 9.33. The Morgan fingerprint density at radius 2 is 1.67 bits per heavy atom. The van der Waals surface area contributed by atoms with Gasteiger partial charge in [-0.15, -0.1) is 0 Å². The molecular weight excluding hydrogens is 352 g/mol. The molecular formula is C19H20N2O6. The smallest absolute Gasteiger partial charge is 0.312 e. The predicted molar refractivity (Wildman–Crippen MR) is 97.8 cm³/mol. The maximum Gasteiger partial charge on any atom is 0.312 e. The van der Waals surface area contributed by atoms with Gasteiger partial charge in [0.05, 0.1) is 11.3 Å². The van der Waals surface area contributed by atoms with E-state index in [4.69, 9.17) is 9.47 Å². The van der Waals surface area contributed by atoms with Gasteiger partial charge in [0.15, 0.2) is 6.61 Å². The van der Waals surface area contributed by atoms with Crippen LogP contribution in [0.2, 0.25) is 0 Å². The summed E-state index contributed by atoms with van der Waals surface area (Å²) in [6.07, 6.45) is -0.0354. The van der Waals surface area contributed by atoms with Crippen molar-refractivity contribution in [2.75, 3.05) is 13.2 Å². The number of amides is 1.